The zero-order chi connectivity index (χ0) is 19.5. The van der Waals surface area contributed by atoms with Crippen molar-refractivity contribution in [1.82, 2.24) is 20.4 Å². The molecule has 160 valence electrons. The Kier molecular flexibility index (Phi) is 7.61. The molecular weight excluding hydrogens is 481 g/mol. The normalized spacial score (nSPS) is 24.1. The van der Waals surface area contributed by atoms with Crippen LogP contribution in [0.1, 0.15) is 37.3 Å². The molecule has 2 aliphatic heterocycles. The van der Waals surface area contributed by atoms with Gasteiger partial charge >= 0.3 is 0 Å². The molecule has 1 aliphatic carbocycles. The van der Waals surface area contributed by atoms with Crippen LogP contribution >= 0.6 is 24.0 Å². The first kappa shape index (κ1) is 22.1. The van der Waals surface area contributed by atoms with Crippen LogP contribution in [0.15, 0.2) is 29.3 Å². The van der Waals surface area contributed by atoms with Gasteiger partial charge in [0.25, 0.3) is 0 Å². The number of hydrogen-bond donors (Lipinski definition) is 2. The Morgan fingerprint density at radius 2 is 2.00 bits per heavy atom. The van der Waals surface area contributed by atoms with Gasteiger partial charge in [0.05, 0.1) is 12.6 Å². The summed E-state index contributed by atoms with van der Waals surface area (Å²) in [4.78, 5) is 20.8. The summed E-state index contributed by atoms with van der Waals surface area (Å²) in [7, 11) is 3.52. The molecule has 0 aromatic heterocycles. The number of carbonyl (C=O) groups excluding carboxylic acids is 1. The van der Waals surface area contributed by atoms with Gasteiger partial charge in [-0.2, -0.15) is 0 Å². The molecule has 2 unspecified atom stereocenters. The molecule has 2 heterocycles. The van der Waals surface area contributed by atoms with E-state index < -0.39 is 0 Å². The van der Waals surface area contributed by atoms with Crippen molar-refractivity contribution < 1.29 is 9.53 Å². The van der Waals surface area contributed by atoms with Crippen molar-refractivity contribution in [3.63, 3.8) is 0 Å². The number of nitrogens with zero attached hydrogens (tertiary/aromatic N) is 3. The molecule has 1 aromatic rings. The lowest BCUT2D eigenvalue weighted by Crippen LogP contribution is -2.47. The van der Waals surface area contributed by atoms with E-state index in [1.54, 1.807) is 19.0 Å². The molecule has 0 radical (unpaired) electrons. The number of guanidine groups is 1. The van der Waals surface area contributed by atoms with Gasteiger partial charge in [-0.1, -0.05) is 18.2 Å². The lowest BCUT2D eigenvalue weighted by atomic mass is 10.0. The highest BCUT2D eigenvalue weighted by molar-refractivity contribution is 14.0. The van der Waals surface area contributed by atoms with Crippen LogP contribution in [0.3, 0.4) is 0 Å². The van der Waals surface area contributed by atoms with Gasteiger partial charge in [0, 0.05) is 51.3 Å². The van der Waals surface area contributed by atoms with E-state index in [9.17, 15) is 4.79 Å². The van der Waals surface area contributed by atoms with Crippen LogP contribution in [0.2, 0.25) is 0 Å². The van der Waals surface area contributed by atoms with Crippen molar-refractivity contribution in [2.75, 3.05) is 40.3 Å². The molecule has 2 fully saturated rings. The molecule has 4 rings (SSSR count). The molecule has 0 spiro atoms. The SMILES string of the molecule is CN(C)C(=O)CN=C(NC1CCN(C2CC2)C1)NC1CCOc2ccccc21.I. The fourth-order valence-electron chi connectivity index (χ4n) is 3.95. The van der Waals surface area contributed by atoms with E-state index in [2.05, 4.69) is 26.6 Å². The van der Waals surface area contributed by atoms with Crippen LogP contribution in [0, 0.1) is 0 Å². The van der Waals surface area contributed by atoms with Gasteiger partial charge in [-0.15, -0.1) is 24.0 Å². The molecule has 3 aliphatic rings. The van der Waals surface area contributed by atoms with Crippen molar-refractivity contribution in [2.45, 2.75) is 43.8 Å². The van der Waals surface area contributed by atoms with Gasteiger partial charge in [-0.05, 0) is 25.3 Å². The maximum Gasteiger partial charge on any atom is 0.243 e. The average Bonchev–Trinajstić information content (AvgIpc) is 3.45. The summed E-state index contributed by atoms with van der Waals surface area (Å²) in [5.74, 6) is 1.65. The number of nitrogens with one attached hydrogen (secondary N) is 2. The van der Waals surface area contributed by atoms with E-state index in [-0.39, 0.29) is 42.5 Å². The topological polar surface area (TPSA) is 69.2 Å². The Bertz CT molecular complexity index is 738. The van der Waals surface area contributed by atoms with Gasteiger partial charge in [0.2, 0.25) is 5.91 Å². The number of rotatable bonds is 5. The number of aliphatic imine (C=N–C) groups is 1. The van der Waals surface area contributed by atoms with E-state index in [0.29, 0.717) is 12.6 Å². The lowest BCUT2D eigenvalue weighted by Gasteiger charge is -2.29. The highest BCUT2D eigenvalue weighted by Crippen LogP contribution is 2.32. The Morgan fingerprint density at radius 1 is 1.21 bits per heavy atom. The molecule has 29 heavy (non-hydrogen) atoms. The van der Waals surface area contributed by atoms with E-state index in [0.717, 1.165) is 49.2 Å². The molecule has 1 saturated carbocycles. The number of hydrogen-bond acceptors (Lipinski definition) is 4. The van der Waals surface area contributed by atoms with E-state index in [4.69, 9.17) is 4.74 Å². The Morgan fingerprint density at radius 3 is 2.76 bits per heavy atom. The van der Waals surface area contributed by atoms with Gasteiger partial charge in [0.1, 0.15) is 12.3 Å². The molecule has 7 nitrogen and oxygen atoms in total. The molecule has 1 aromatic carbocycles. The van der Waals surface area contributed by atoms with Crippen molar-refractivity contribution in [3.05, 3.63) is 29.8 Å². The molecule has 2 atom stereocenters. The predicted octanol–water partition coefficient (Wildman–Crippen LogP) is 1.99. The largest absolute Gasteiger partial charge is 0.493 e. The smallest absolute Gasteiger partial charge is 0.243 e. The Balaban J connectivity index is 0.00000240. The summed E-state index contributed by atoms with van der Waals surface area (Å²) in [6.07, 6.45) is 4.66. The number of fused-ring (bicyclic) bond motifs is 1. The summed E-state index contributed by atoms with van der Waals surface area (Å²) < 4.78 is 5.78. The number of halogens is 1. The maximum atomic E-state index is 12.1. The summed E-state index contributed by atoms with van der Waals surface area (Å²) >= 11 is 0. The van der Waals surface area contributed by atoms with Gasteiger partial charge in [-0.3, -0.25) is 9.69 Å². The first-order valence-corrected chi connectivity index (χ1v) is 10.3. The van der Waals surface area contributed by atoms with E-state index >= 15 is 0 Å². The highest BCUT2D eigenvalue weighted by atomic mass is 127. The molecule has 2 N–H and O–H groups in total. The van der Waals surface area contributed by atoms with Crippen LogP contribution in [0.25, 0.3) is 0 Å². The average molecular weight is 513 g/mol. The molecule has 1 saturated heterocycles. The quantitative estimate of drug-likeness (QED) is 0.358. The number of para-hydroxylation sites is 1. The first-order valence-electron chi connectivity index (χ1n) is 10.3. The standard InChI is InChI=1S/C21H31N5O2.HI/c1-25(2)20(27)13-22-21(23-15-9-11-26(14-15)16-7-8-16)24-18-10-12-28-19-6-4-3-5-17(18)19;/h3-6,15-16,18H,7-14H2,1-2H3,(H2,22,23,24);1H. The zero-order valence-corrected chi connectivity index (χ0v) is 19.6. The first-order chi connectivity index (χ1) is 13.6. The second-order valence-corrected chi connectivity index (χ2v) is 8.18. The van der Waals surface area contributed by atoms with Crippen LogP contribution in [0.5, 0.6) is 5.75 Å². The van der Waals surface area contributed by atoms with Gasteiger partial charge < -0.3 is 20.3 Å². The minimum absolute atomic E-state index is 0. The monoisotopic (exact) mass is 513 g/mol. The number of amides is 1. The summed E-state index contributed by atoms with van der Waals surface area (Å²) in [6, 6.07) is 9.43. The van der Waals surface area contributed by atoms with Gasteiger partial charge in [-0.25, -0.2) is 4.99 Å². The Labute approximate surface area is 190 Å². The van der Waals surface area contributed by atoms with Gasteiger partial charge in [0.15, 0.2) is 5.96 Å². The minimum atomic E-state index is -0.000457. The molecular formula is C21H32IN5O2. The van der Waals surface area contributed by atoms with Crippen LogP contribution in [-0.2, 0) is 4.79 Å². The van der Waals surface area contributed by atoms with Crippen molar-refractivity contribution >= 4 is 35.8 Å². The number of likely N-dealkylation sites (N-methyl/N-ethyl adjacent to an activating group) is 1. The number of likely N-dealkylation sites (tertiary alicyclic amines) is 1. The minimum Gasteiger partial charge on any atom is -0.493 e. The fourth-order valence-corrected chi connectivity index (χ4v) is 3.95. The summed E-state index contributed by atoms with van der Waals surface area (Å²) in [6.45, 7) is 3.02. The fraction of sp³-hybridized carbons (Fsp3) is 0.619. The van der Waals surface area contributed by atoms with Crippen molar-refractivity contribution in [1.29, 1.82) is 0 Å². The van der Waals surface area contributed by atoms with E-state index in [1.165, 1.54) is 12.8 Å². The summed E-state index contributed by atoms with van der Waals surface area (Å²) in [5, 5.41) is 7.15. The van der Waals surface area contributed by atoms with Crippen LogP contribution < -0.4 is 15.4 Å². The number of benzene rings is 1. The lowest BCUT2D eigenvalue weighted by molar-refractivity contribution is -0.127. The second kappa shape index (κ2) is 9.97. The highest BCUT2D eigenvalue weighted by Gasteiger charge is 2.35. The Hall–Kier alpha value is -1.55. The van der Waals surface area contributed by atoms with Crippen LogP contribution in [0.4, 0.5) is 0 Å². The number of ether oxygens (including phenoxy) is 1. The third kappa shape index (κ3) is 5.75. The zero-order valence-electron chi connectivity index (χ0n) is 17.3. The van der Waals surface area contributed by atoms with Crippen molar-refractivity contribution in [2.24, 2.45) is 4.99 Å². The predicted molar refractivity (Wildman–Crippen MR) is 125 cm³/mol. The second-order valence-electron chi connectivity index (χ2n) is 8.18. The number of carbonyl (C=O) groups is 1. The maximum absolute atomic E-state index is 12.1. The van der Waals surface area contributed by atoms with Crippen LogP contribution in [-0.4, -0.2) is 74.1 Å². The van der Waals surface area contributed by atoms with E-state index in [1.807, 2.05) is 18.2 Å². The third-order valence-electron chi connectivity index (χ3n) is 5.76. The molecule has 0 bridgehead atoms. The summed E-state index contributed by atoms with van der Waals surface area (Å²) in [5.41, 5.74) is 1.15. The van der Waals surface area contributed by atoms with Crippen molar-refractivity contribution in [3.8, 4) is 5.75 Å². The third-order valence-corrected chi connectivity index (χ3v) is 5.76. The molecule has 1 amide bonds. The molecule has 8 heteroatoms.